The summed E-state index contributed by atoms with van der Waals surface area (Å²) in [5.74, 6) is 0.424. The fourth-order valence-electron chi connectivity index (χ4n) is 3.79. The SMILES string of the molecule is CCNC(=NCc1cccc(NC(=O)C2CCCO2)c1)NC1CCN(CC(F)(F)F)C1.I. The van der Waals surface area contributed by atoms with Gasteiger partial charge in [0.05, 0.1) is 13.1 Å². The van der Waals surface area contributed by atoms with E-state index < -0.39 is 18.8 Å². The smallest absolute Gasteiger partial charge is 0.368 e. The van der Waals surface area contributed by atoms with Crippen molar-refractivity contribution in [3.8, 4) is 0 Å². The van der Waals surface area contributed by atoms with Crippen LogP contribution >= 0.6 is 24.0 Å². The summed E-state index contributed by atoms with van der Waals surface area (Å²) in [6.45, 7) is 3.41. The number of carbonyl (C=O) groups is 1. The van der Waals surface area contributed by atoms with Gasteiger partial charge in [-0.05, 0) is 43.9 Å². The van der Waals surface area contributed by atoms with Crippen LogP contribution in [0.3, 0.4) is 0 Å². The Kier molecular flexibility index (Phi) is 10.5. The van der Waals surface area contributed by atoms with E-state index in [-0.39, 0.29) is 35.9 Å². The van der Waals surface area contributed by atoms with Gasteiger partial charge in [0.1, 0.15) is 6.10 Å². The highest BCUT2D eigenvalue weighted by Gasteiger charge is 2.34. The van der Waals surface area contributed by atoms with Gasteiger partial charge in [0.2, 0.25) is 0 Å². The number of hydrogen-bond donors (Lipinski definition) is 3. The molecule has 0 spiro atoms. The first-order valence-corrected chi connectivity index (χ1v) is 10.7. The van der Waals surface area contributed by atoms with Crippen LogP contribution < -0.4 is 16.0 Å². The molecule has 180 valence electrons. The lowest BCUT2D eigenvalue weighted by Crippen LogP contribution is -2.45. The number of halogens is 4. The first kappa shape index (κ1) is 26.7. The number of anilines is 1. The van der Waals surface area contributed by atoms with Gasteiger partial charge in [0.25, 0.3) is 5.91 Å². The lowest BCUT2D eigenvalue weighted by atomic mass is 10.2. The van der Waals surface area contributed by atoms with E-state index in [1.54, 1.807) is 0 Å². The lowest BCUT2D eigenvalue weighted by Gasteiger charge is -2.19. The number of benzene rings is 1. The summed E-state index contributed by atoms with van der Waals surface area (Å²) < 4.78 is 43.2. The number of aliphatic imine (C=N–C) groups is 1. The van der Waals surface area contributed by atoms with E-state index in [1.165, 1.54) is 4.90 Å². The molecule has 2 unspecified atom stereocenters. The summed E-state index contributed by atoms with van der Waals surface area (Å²) in [6, 6.07) is 7.35. The van der Waals surface area contributed by atoms with Crippen LogP contribution in [0.25, 0.3) is 0 Å². The summed E-state index contributed by atoms with van der Waals surface area (Å²) in [5.41, 5.74) is 1.59. The number of hydrogen-bond acceptors (Lipinski definition) is 4. The maximum atomic E-state index is 12.6. The molecule has 3 N–H and O–H groups in total. The second-order valence-electron chi connectivity index (χ2n) is 7.87. The Bertz CT molecular complexity index is 772. The summed E-state index contributed by atoms with van der Waals surface area (Å²) in [7, 11) is 0. The number of likely N-dealkylation sites (tertiary alicyclic amines) is 1. The average Bonchev–Trinajstić information content (AvgIpc) is 3.38. The molecule has 1 aromatic rings. The fraction of sp³-hybridized carbons (Fsp3) is 0.619. The van der Waals surface area contributed by atoms with Crippen molar-refractivity contribution in [1.82, 2.24) is 15.5 Å². The Balaban J connectivity index is 0.00000363. The molecule has 2 fully saturated rings. The van der Waals surface area contributed by atoms with Crippen LogP contribution in [0.2, 0.25) is 0 Å². The largest absolute Gasteiger partial charge is 0.401 e. The van der Waals surface area contributed by atoms with Gasteiger partial charge in [-0.15, -0.1) is 24.0 Å². The highest BCUT2D eigenvalue weighted by atomic mass is 127. The van der Waals surface area contributed by atoms with Crippen molar-refractivity contribution in [2.24, 2.45) is 4.99 Å². The minimum atomic E-state index is -4.18. The molecule has 0 radical (unpaired) electrons. The number of nitrogens with one attached hydrogen (secondary N) is 3. The quantitative estimate of drug-likeness (QED) is 0.268. The van der Waals surface area contributed by atoms with Crippen LogP contribution in [0.1, 0.15) is 31.7 Å². The minimum absolute atomic E-state index is 0. The van der Waals surface area contributed by atoms with Crippen LogP contribution in [0.4, 0.5) is 18.9 Å². The molecule has 0 aliphatic carbocycles. The van der Waals surface area contributed by atoms with E-state index >= 15 is 0 Å². The fourth-order valence-corrected chi connectivity index (χ4v) is 3.79. The molecule has 3 rings (SSSR count). The van der Waals surface area contributed by atoms with Crippen molar-refractivity contribution < 1.29 is 22.7 Å². The second-order valence-corrected chi connectivity index (χ2v) is 7.87. The van der Waals surface area contributed by atoms with E-state index in [4.69, 9.17) is 4.74 Å². The molecule has 2 saturated heterocycles. The topological polar surface area (TPSA) is 78.0 Å². The minimum Gasteiger partial charge on any atom is -0.368 e. The van der Waals surface area contributed by atoms with Gasteiger partial charge >= 0.3 is 6.18 Å². The highest BCUT2D eigenvalue weighted by molar-refractivity contribution is 14.0. The molecule has 2 aliphatic rings. The average molecular weight is 569 g/mol. The number of guanidine groups is 1. The third-order valence-electron chi connectivity index (χ3n) is 5.20. The molecule has 0 aromatic heterocycles. The maximum Gasteiger partial charge on any atom is 0.401 e. The van der Waals surface area contributed by atoms with Crippen LogP contribution in [0, 0.1) is 0 Å². The van der Waals surface area contributed by atoms with E-state index in [0.717, 1.165) is 18.4 Å². The Morgan fingerprint density at radius 2 is 2.12 bits per heavy atom. The van der Waals surface area contributed by atoms with E-state index in [0.29, 0.717) is 50.9 Å². The predicted octanol–water partition coefficient (Wildman–Crippen LogP) is 3.11. The molecule has 0 bridgehead atoms. The zero-order valence-electron chi connectivity index (χ0n) is 18.1. The Morgan fingerprint density at radius 3 is 2.81 bits per heavy atom. The van der Waals surface area contributed by atoms with Gasteiger partial charge in [-0.1, -0.05) is 12.1 Å². The third-order valence-corrected chi connectivity index (χ3v) is 5.20. The number of rotatable bonds is 7. The van der Waals surface area contributed by atoms with Gasteiger partial charge in [0, 0.05) is 38.0 Å². The van der Waals surface area contributed by atoms with Crippen molar-refractivity contribution in [1.29, 1.82) is 0 Å². The summed E-state index contributed by atoms with van der Waals surface area (Å²) in [5, 5.41) is 9.25. The number of nitrogens with zero attached hydrogens (tertiary/aromatic N) is 2. The summed E-state index contributed by atoms with van der Waals surface area (Å²) in [4.78, 5) is 18.2. The monoisotopic (exact) mass is 569 g/mol. The van der Waals surface area contributed by atoms with Crippen LogP contribution in [-0.2, 0) is 16.1 Å². The molecule has 1 aromatic carbocycles. The number of alkyl halides is 3. The van der Waals surface area contributed by atoms with E-state index in [2.05, 4.69) is 20.9 Å². The molecule has 7 nitrogen and oxygen atoms in total. The van der Waals surface area contributed by atoms with Gasteiger partial charge in [-0.25, -0.2) is 4.99 Å². The third kappa shape index (κ3) is 8.74. The molecule has 11 heteroatoms. The lowest BCUT2D eigenvalue weighted by molar-refractivity contribution is -0.143. The van der Waals surface area contributed by atoms with Crippen LogP contribution in [0.15, 0.2) is 29.3 Å². The molecule has 2 aliphatic heterocycles. The van der Waals surface area contributed by atoms with Crippen molar-refractivity contribution in [2.45, 2.75) is 51.1 Å². The number of amides is 1. The molecular weight excluding hydrogens is 538 g/mol. The maximum absolute atomic E-state index is 12.6. The first-order valence-electron chi connectivity index (χ1n) is 10.7. The van der Waals surface area contributed by atoms with Crippen molar-refractivity contribution >= 4 is 41.5 Å². The summed E-state index contributed by atoms with van der Waals surface area (Å²) in [6.07, 6.45) is -2.32. The molecule has 2 heterocycles. The standard InChI is InChI=1S/C21H30F3N5O2.HI/c1-2-25-20(28-17-8-9-29(13-17)14-21(22,23)24)26-12-15-5-3-6-16(11-15)27-19(30)18-7-4-10-31-18;/h3,5-6,11,17-18H,2,4,7-10,12-14H2,1H3,(H,27,30)(H2,25,26,28);1H. The van der Waals surface area contributed by atoms with Gasteiger partial charge in [-0.2, -0.15) is 13.2 Å². The van der Waals surface area contributed by atoms with Crippen molar-refractivity contribution in [3.63, 3.8) is 0 Å². The summed E-state index contributed by atoms with van der Waals surface area (Å²) >= 11 is 0. The molecule has 0 saturated carbocycles. The van der Waals surface area contributed by atoms with Gasteiger partial charge < -0.3 is 20.7 Å². The predicted molar refractivity (Wildman–Crippen MR) is 128 cm³/mol. The number of carbonyl (C=O) groups excluding carboxylic acids is 1. The van der Waals surface area contributed by atoms with Crippen molar-refractivity contribution in [3.05, 3.63) is 29.8 Å². The number of ether oxygens (including phenoxy) is 1. The van der Waals surface area contributed by atoms with Crippen LogP contribution in [0.5, 0.6) is 0 Å². The zero-order valence-corrected chi connectivity index (χ0v) is 20.4. The van der Waals surface area contributed by atoms with E-state index in [9.17, 15) is 18.0 Å². The van der Waals surface area contributed by atoms with Crippen molar-refractivity contribution in [2.75, 3.05) is 38.1 Å². The Morgan fingerprint density at radius 1 is 1.31 bits per heavy atom. The normalized spacial score (nSPS) is 21.8. The van der Waals surface area contributed by atoms with Gasteiger partial charge in [0.15, 0.2) is 5.96 Å². The molecule has 32 heavy (non-hydrogen) atoms. The zero-order chi connectivity index (χ0) is 22.3. The molecule has 2 atom stereocenters. The van der Waals surface area contributed by atoms with Crippen LogP contribution in [-0.4, -0.2) is 67.9 Å². The second kappa shape index (κ2) is 12.6. The molecule has 1 amide bonds. The Labute approximate surface area is 203 Å². The molecular formula is C21H31F3IN5O2. The Hall–Kier alpha value is -1.60. The van der Waals surface area contributed by atoms with Gasteiger partial charge in [-0.3, -0.25) is 9.69 Å². The highest BCUT2D eigenvalue weighted by Crippen LogP contribution is 2.20. The van der Waals surface area contributed by atoms with E-state index in [1.807, 2.05) is 31.2 Å². The first-order chi connectivity index (χ1) is 14.8.